The highest BCUT2D eigenvalue weighted by atomic mass is 32.1. The van der Waals surface area contributed by atoms with Gasteiger partial charge < -0.3 is 10.6 Å². The number of benzene rings is 2. The van der Waals surface area contributed by atoms with Gasteiger partial charge in [0, 0.05) is 17.1 Å². The molecule has 3 aromatic rings. The maximum atomic E-state index is 5.61. The number of nitrogens with one attached hydrogen (secondary N) is 3. The molecule has 0 radical (unpaired) electrons. The summed E-state index contributed by atoms with van der Waals surface area (Å²) in [6, 6.07) is 18.7. The molecule has 1 aromatic heterocycles. The molecule has 0 bridgehead atoms. The smallest absolute Gasteiger partial charge is 0.229 e. The number of anilines is 2. The molecular formula is C25H28N6S. The molecule has 0 unspecified atom stereocenters. The average Bonchev–Trinajstić information content (AvgIpc) is 3.15. The molecule has 3 N–H and O–H groups in total. The molecule has 7 heteroatoms. The van der Waals surface area contributed by atoms with Crippen molar-refractivity contribution in [3.63, 3.8) is 0 Å². The lowest BCUT2D eigenvalue weighted by atomic mass is 10.1. The number of thiocarbonyl (C=S) groups is 1. The van der Waals surface area contributed by atoms with Gasteiger partial charge in [0.2, 0.25) is 11.9 Å². The highest BCUT2D eigenvalue weighted by Crippen LogP contribution is 2.24. The standard InChI is InChI=1S/C25H28N6S/c1-4-18-9-7-8-12-22(18)29-25(32)31-24(30-23-26-16(2)13-17(3)27-23)28-21-14-19-10-5-6-11-20(19)15-21/h5-13,21H,4,14-15H2,1-3H3,(H3,26,27,28,29,30,31,32). The van der Waals surface area contributed by atoms with Gasteiger partial charge in [-0.2, -0.15) is 0 Å². The van der Waals surface area contributed by atoms with Crippen LogP contribution in [0, 0.1) is 13.8 Å². The zero-order valence-corrected chi connectivity index (χ0v) is 19.5. The SMILES string of the molecule is CCc1ccccc1NC(=S)NC(=NC1Cc2ccccc2C1)Nc1nc(C)cc(C)n1. The Hall–Kier alpha value is -3.32. The first kappa shape index (κ1) is 21.9. The predicted octanol–water partition coefficient (Wildman–Crippen LogP) is 4.58. The minimum absolute atomic E-state index is 0.124. The van der Waals surface area contributed by atoms with Crippen LogP contribution in [-0.2, 0) is 19.3 Å². The van der Waals surface area contributed by atoms with Crippen LogP contribution in [-0.4, -0.2) is 27.1 Å². The van der Waals surface area contributed by atoms with Crippen molar-refractivity contribution in [1.29, 1.82) is 0 Å². The number of aliphatic imine (C=N–C) groups is 1. The average molecular weight is 445 g/mol. The molecule has 4 rings (SSSR count). The maximum Gasteiger partial charge on any atom is 0.229 e. The number of rotatable bonds is 4. The van der Waals surface area contributed by atoms with Crippen molar-refractivity contribution in [3.05, 3.63) is 82.7 Å². The van der Waals surface area contributed by atoms with Crippen molar-refractivity contribution in [1.82, 2.24) is 15.3 Å². The summed E-state index contributed by atoms with van der Waals surface area (Å²) in [6.45, 7) is 6.03. The van der Waals surface area contributed by atoms with E-state index in [1.165, 1.54) is 16.7 Å². The highest BCUT2D eigenvalue weighted by Gasteiger charge is 2.21. The summed E-state index contributed by atoms with van der Waals surface area (Å²) >= 11 is 5.61. The van der Waals surface area contributed by atoms with Crippen LogP contribution in [0.15, 0.2) is 59.6 Å². The van der Waals surface area contributed by atoms with Gasteiger partial charge in [-0.05, 0) is 74.2 Å². The second kappa shape index (κ2) is 9.87. The minimum atomic E-state index is 0.124. The van der Waals surface area contributed by atoms with E-state index in [1.54, 1.807) is 0 Å². The Morgan fingerprint density at radius 3 is 2.25 bits per heavy atom. The molecule has 0 aliphatic heterocycles. The number of fused-ring (bicyclic) bond motifs is 1. The Labute approximate surface area is 194 Å². The quantitative estimate of drug-likeness (QED) is 0.311. The summed E-state index contributed by atoms with van der Waals surface area (Å²) in [7, 11) is 0. The minimum Gasteiger partial charge on any atom is -0.332 e. The Bertz CT molecular complexity index is 1110. The lowest BCUT2D eigenvalue weighted by molar-refractivity contribution is 0.720. The van der Waals surface area contributed by atoms with Gasteiger partial charge in [0.1, 0.15) is 0 Å². The summed E-state index contributed by atoms with van der Waals surface area (Å²) < 4.78 is 0. The van der Waals surface area contributed by atoms with E-state index in [0.29, 0.717) is 17.0 Å². The van der Waals surface area contributed by atoms with E-state index in [4.69, 9.17) is 17.2 Å². The molecule has 6 nitrogen and oxygen atoms in total. The Morgan fingerprint density at radius 1 is 0.969 bits per heavy atom. The van der Waals surface area contributed by atoms with Gasteiger partial charge in [0.05, 0.1) is 6.04 Å². The van der Waals surface area contributed by atoms with Gasteiger partial charge in [-0.15, -0.1) is 0 Å². The molecule has 1 aliphatic carbocycles. The molecule has 0 saturated heterocycles. The van der Waals surface area contributed by atoms with Gasteiger partial charge in [-0.25, -0.2) is 15.0 Å². The van der Waals surface area contributed by atoms with Crippen LogP contribution in [0.25, 0.3) is 0 Å². The van der Waals surface area contributed by atoms with E-state index in [9.17, 15) is 0 Å². The fraction of sp³-hybridized carbons (Fsp3) is 0.280. The van der Waals surface area contributed by atoms with Crippen LogP contribution in [0.4, 0.5) is 11.6 Å². The summed E-state index contributed by atoms with van der Waals surface area (Å²) in [5.74, 6) is 1.04. The molecule has 2 aromatic carbocycles. The van der Waals surface area contributed by atoms with Crippen molar-refractivity contribution in [2.24, 2.45) is 4.99 Å². The van der Waals surface area contributed by atoms with E-state index in [-0.39, 0.29) is 6.04 Å². The fourth-order valence-corrected chi connectivity index (χ4v) is 4.21. The first-order valence-corrected chi connectivity index (χ1v) is 11.3. The second-order valence-corrected chi connectivity index (χ2v) is 8.41. The third kappa shape index (κ3) is 5.48. The molecule has 1 aliphatic rings. The van der Waals surface area contributed by atoms with Gasteiger partial charge in [0.15, 0.2) is 5.11 Å². The summed E-state index contributed by atoms with van der Waals surface area (Å²) in [4.78, 5) is 14.0. The molecule has 0 saturated carbocycles. The van der Waals surface area contributed by atoms with Crippen LogP contribution < -0.4 is 16.0 Å². The van der Waals surface area contributed by atoms with Crippen molar-refractivity contribution in [2.45, 2.75) is 46.1 Å². The topological polar surface area (TPSA) is 74.2 Å². The second-order valence-electron chi connectivity index (χ2n) is 8.00. The van der Waals surface area contributed by atoms with Gasteiger partial charge >= 0.3 is 0 Å². The molecule has 164 valence electrons. The molecule has 0 amide bonds. The third-order valence-corrected chi connectivity index (χ3v) is 5.64. The van der Waals surface area contributed by atoms with E-state index >= 15 is 0 Å². The normalized spacial score (nSPS) is 13.5. The van der Waals surface area contributed by atoms with E-state index in [0.717, 1.165) is 36.3 Å². The molecular weight excluding hydrogens is 416 g/mol. The van der Waals surface area contributed by atoms with Crippen LogP contribution in [0.5, 0.6) is 0 Å². The van der Waals surface area contributed by atoms with Crippen LogP contribution in [0.3, 0.4) is 0 Å². The van der Waals surface area contributed by atoms with E-state index in [2.05, 4.69) is 63.2 Å². The van der Waals surface area contributed by atoms with E-state index in [1.807, 2.05) is 38.1 Å². The van der Waals surface area contributed by atoms with Crippen LogP contribution in [0.2, 0.25) is 0 Å². The van der Waals surface area contributed by atoms with Crippen LogP contribution in [0.1, 0.15) is 35.0 Å². The summed E-state index contributed by atoms with van der Waals surface area (Å²) in [5, 5.41) is 10.3. The predicted molar refractivity (Wildman–Crippen MR) is 135 cm³/mol. The van der Waals surface area contributed by atoms with Crippen molar-refractivity contribution in [3.8, 4) is 0 Å². The monoisotopic (exact) mass is 444 g/mol. The molecule has 32 heavy (non-hydrogen) atoms. The van der Waals surface area contributed by atoms with Gasteiger partial charge in [-0.1, -0.05) is 49.4 Å². The van der Waals surface area contributed by atoms with Gasteiger partial charge in [-0.3, -0.25) is 5.32 Å². The number of aryl methyl sites for hydroxylation is 3. The Morgan fingerprint density at radius 2 is 1.59 bits per heavy atom. The third-order valence-electron chi connectivity index (χ3n) is 5.43. The maximum absolute atomic E-state index is 5.61. The fourth-order valence-electron chi connectivity index (χ4n) is 4.00. The van der Waals surface area contributed by atoms with Crippen molar-refractivity contribution in [2.75, 3.05) is 10.6 Å². The number of guanidine groups is 1. The number of nitrogens with zero attached hydrogens (tertiary/aromatic N) is 3. The van der Waals surface area contributed by atoms with E-state index < -0.39 is 0 Å². The Balaban J connectivity index is 1.55. The largest absolute Gasteiger partial charge is 0.332 e. The zero-order valence-electron chi connectivity index (χ0n) is 18.6. The Kier molecular flexibility index (Phi) is 6.75. The number of hydrogen-bond acceptors (Lipinski definition) is 4. The number of hydrogen-bond donors (Lipinski definition) is 3. The molecule has 0 fully saturated rings. The molecule has 0 atom stereocenters. The lowest BCUT2D eigenvalue weighted by Gasteiger charge is -2.17. The van der Waals surface area contributed by atoms with Crippen molar-refractivity contribution >= 4 is 34.9 Å². The lowest BCUT2D eigenvalue weighted by Crippen LogP contribution is -2.40. The number of para-hydroxylation sites is 1. The molecule has 1 heterocycles. The number of aromatic nitrogens is 2. The van der Waals surface area contributed by atoms with Crippen LogP contribution >= 0.6 is 12.2 Å². The first-order valence-electron chi connectivity index (χ1n) is 10.9. The molecule has 0 spiro atoms. The summed E-state index contributed by atoms with van der Waals surface area (Å²) in [6.07, 6.45) is 2.72. The first-order chi connectivity index (χ1) is 15.5. The van der Waals surface area contributed by atoms with Crippen molar-refractivity contribution < 1.29 is 0 Å². The van der Waals surface area contributed by atoms with Gasteiger partial charge in [0.25, 0.3) is 0 Å². The summed E-state index contributed by atoms with van der Waals surface area (Å²) in [5.41, 5.74) is 6.67. The highest BCUT2D eigenvalue weighted by molar-refractivity contribution is 7.80. The zero-order chi connectivity index (χ0) is 22.5.